The predicted octanol–water partition coefficient (Wildman–Crippen LogP) is -0.117. The van der Waals surface area contributed by atoms with E-state index >= 15 is 0 Å². The smallest absolute Gasteiger partial charge is 0.225 e. The molecule has 8 nitrogen and oxygen atoms in total. The summed E-state index contributed by atoms with van der Waals surface area (Å²) in [6, 6.07) is 3.17. The van der Waals surface area contributed by atoms with E-state index < -0.39 is 18.2 Å². The fourth-order valence-electron chi connectivity index (χ4n) is 2.94. The van der Waals surface area contributed by atoms with Gasteiger partial charge in [0.15, 0.2) is 0 Å². The highest BCUT2D eigenvalue weighted by Crippen LogP contribution is 2.16. The van der Waals surface area contributed by atoms with Gasteiger partial charge in [0.05, 0.1) is 31.6 Å². The minimum Gasteiger partial charge on any atom is -0.394 e. The lowest BCUT2D eigenvalue weighted by Crippen LogP contribution is -2.49. The summed E-state index contributed by atoms with van der Waals surface area (Å²) in [7, 11) is 3.98. The number of carbonyl (C=O) groups is 2. The van der Waals surface area contributed by atoms with E-state index in [1.54, 1.807) is 30.6 Å². The van der Waals surface area contributed by atoms with Gasteiger partial charge in [0, 0.05) is 18.9 Å². The largest absolute Gasteiger partial charge is 0.394 e. The average molecular weight is 390 g/mol. The molecule has 1 aliphatic rings. The van der Waals surface area contributed by atoms with E-state index in [2.05, 4.69) is 20.5 Å². The Hall–Kier alpha value is -2.29. The number of aliphatic hydroxyl groups is 1. The molecule has 28 heavy (non-hydrogen) atoms. The maximum Gasteiger partial charge on any atom is 0.225 e. The second-order valence-electron chi connectivity index (χ2n) is 7.12. The zero-order chi connectivity index (χ0) is 20.4. The number of nitrogens with zero attached hydrogens (tertiary/aromatic N) is 2. The van der Waals surface area contributed by atoms with Gasteiger partial charge in [-0.1, -0.05) is 18.2 Å². The van der Waals surface area contributed by atoms with Crippen LogP contribution in [-0.2, 0) is 20.7 Å². The van der Waals surface area contributed by atoms with Crippen molar-refractivity contribution in [1.29, 1.82) is 0 Å². The molecule has 3 atom stereocenters. The van der Waals surface area contributed by atoms with Crippen LogP contribution in [0, 0.1) is 0 Å². The zero-order valence-corrected chi connectivity index (χ0v) is 16.5. The van der Waals surface area contributed by atoms with Crippen LogP contribution in [0.1, 0.15) is 18.4 Å². The Morgan fingerprint density at radius 3 is 2.79 bits per heavy atom. The lowest BCUT2D eigenvalue weighted by atomic mass is 10.0. The van der Waals surface area contributed by atoms with Gasteiger partial charge in [-0.15, -0.1) is 0 Å². The number of nitrogens with one attached hydrogen (secondary N) is 2. The first-order valence-electron chi connectivity index (χ1n) is 9.52. The molecule has 0 fully saturated rings. The van der Waals surface area contributed by atoms with Crippen LogP contribution in [0.25, 0.3) is 0 Å². The Kier molecular flexibility index (Phi) is 9.06. The van der Waals surface area contributed by atoms with Crippen LogP contribution in [0.2, 0.25) is 0 Å². The molecule has 0 radical (unpaired) electrons. The monoisotopic (exact) mass is 390 g/mol. The third-order valence-corrected chi connectivity index (χ3v) is 4.37. The van der Waals surface area contributed by atoms with E-state index in [1.165, 1.54) is 0 Å². The normalized spacial score (nSPS) is 21.5. The van der Waals surface area contributed by atoms with Gasteiger partial charge in [0.1, 0.15) is 6.10 Å². The quantitative estimate of drug-likeness (QED) is 0.380. The van der Waals surface area contributed by atoms with Gasteiger partial charge in [-0.3, -0.25) is 14.6 Å². The minimum absolute atomic E-state index is 0.0934. The Bertz CT molecular complexity index is 651. The van der Waals surface area contributed by atoms with E-state index in [4.69, 9.17) is 4.74 Å². The summed E-state index contributed by atoms with van der Waals surface area (Å²) in [6.45, 7) is 1.28. The van der Waals surface area contributed by atoms with Gasteiger partial charge in [-0.2, -0.15) is 0 Å². The van der Waals surface area contributed by atoms with Gasteiger partial charge < -0.3 is 25.4 Å². The van der Waals surface area contributed by atoms with Crippen LogP contribution in [0.5, 0.6) is 0 Å². The summed E-state index contributed by atoms with van der Waals surface area (Å²) in [6.07, 6.45) is 7.11. The second kappa shape index (κ2) is 11.5. The number of aromatic nitrogens is 1. The van der Waals surface area contributed by atoms with Crippen molar-refractivity contribution in [2.45, 2.75) is 37.5 Å². The van der Waals surface area contributed by atoms with Gasteiger partial charge in [-0.05, 0) is 38.7 Å². The third-order valence-electron chi connectivity index (χ3n) is 4.37. The lowest BCUT2D eigenvalue weighted by Gasteiger charge is -2.31. The summed E-state index contributed by atoms with van der Waals surface area (Å²) >= 11 is 0. The Morgan fingerprint density at radius 1 is 1.29 bits per heavy atom. The van der Waals surface area contributed by atoms with Crippen molar-refractivity contribution in [2.75, 3.05) is 33.8 Å². The van der Waals surface area contributed by atoms with Crippen molar-refractivity contribution in [2.24, 2.45) is 0 Å². The molecular weight excluding hydrogens is 360 g/mol. The topological polar surface area (TPSA) is 104 Å². The van der Waals surface area contributed by atoms with Crippen molar-refractivity contribution in [3.8, 4) is 0 Å². The molecule has 3 N–H and O–H groups in total. The number of pyridine rings is 1. The number of aliphatic hydroxyl groups excluding tert-OH is 1. The molecule has 0 aromatic carbocycles. The molecule has 2 rings (SSSR count). The second-order valence-corrected chi connectivity index (χ2v) is 7.12. The first-order chi connectivity index (χ1) is 13.5. The highest BCUT2D eigenvalue weighted by atomic mass is 16.5. The number of hydrogen-bond donors (Lipinski definition) is 3. The van der Waals surface area contributed by atoms with Crippen LogP contribution in [-0.4, -0.2) is 78.8 Å². The summed E-state index contributed by atoms with van der Waals surface area (Å²) in [5, 5.41) is 15.3. The summed E-state index contributed by atoms with van der Waals surface area (Å²) in [5.74, 6) is -0.272. The molecule has 1 aromatic heterocycles. The van der Waals surface area contributed by atoms with Crippen LogP contribution >= 0.6 is 0 Å². The molecular formula is C20H30N4O4. The molecule has 0 saturated heterocycles. The average Bonchev–Trinajstić information content (AvgIpc) is 2.67. The number of rotatable bonds is 10. The molecule has 1 aliphatic heterocycles. The van der Waals surface area contributed by atoms with E-state index in [1.807, 2.05) is 20.2 Å². The first kappa shape index (κ1) is 22.0. The summed E-state index contributed by atoms with van der Waals surface area (Å²) in [4.78, 5) is 30.3. The Labute approximate surface area is 166 Å². The fraction of sp³-hybridized carbons (Fsp3) is 0.550. The number of amides is 2. The van der Waals surface area contributed by atoms with Crippen LogP contribution in [0.4, 0.5) is 0 Å². The summed E-state index contributed by atoms with van der Waals surface area (Å²) < 4.78 is 5.78. The predicted molar refractivity (Wildman–Crippen MR) is 106 cm³/mol. The highest BCUT2D eigenvalue weighted by molar-refractivity contribution is 5.79. The van der Waals surface area contributed by atoms with Gasteiger partial charge in [0.25, 0.3) is 0 Å². The van der Waals surface area contributed by atoms with E-state index in [0.717, 1.165) is 18.5 Å². The van der Waals surface area contributed by atoms with Gasteiger partial charge in [-0.25, -0.2) is 0 Å². The SMILES string of the molecule is CN(C)CCCNC(=O)C[C@@H]1C=C[C@H](NC(=O)Cc2cccnc2)[C@@H](CO)O1. The molecule has 2 amide bonds. The van der Waals surface area contributed by atoms with Crippen LogP contribution in [0.3, 0.4) is 0 Å². The molecule has 0 spiro atoms. The standard InChI is InChI=1S/C20H30N4O4/c1-24(2)10-4-9-22-19(26)12-16-6-7-17(18(14-25)28-16)23-20(27)11-15-5-3-8-21-13-15/h3,5-8,13,16-18,25H,4,9-12,14H2,1-2H3,(H,22,26)(H,23,27)/t16-,17-,18+/m0/s1. The molecule has 0 unspecified atom stereocenters. The fourth-order valence-corrected chi connectivity index (χ4v) is 2.94. The maximum absolute atomic E-state index is 12.2. The minimum atomic E-state index is -0.589. The molecule has 0 saturated carbocycles. The zero-order valence-electron chi connectivity index (χ0n) is 16.5. The first-order valence-corrected chi connectivity index (χ1v) is 9.52. The van der Waals surface area contributed by atoms with Crippen molar-refractivity contribution in [3.05, 3.63) is 42.2 Å². The number of ether oxygens (including phenoxy) is 1. The van der Waals surface area contributed by atoms with E-state index in [-0.39, 0.29) is 31.3 Å². The molecule has 2 heterocycles. The van der Waals surface area contributed by atoms with Gasteiger partial charge in [0.2, 0.25) is 11.8 Å². The number of carbonyl (C=O) groups excluding carboxylic acids is 2. The molecule has 8 heteroatoms. The van der Waals surface area contributed by atoms with Gasteiger partial charge >= 0.3 is 0 Å². The van der Waals surface area contributed by atoms with Crippen LogP contribution < -0.4 is 10.6 Å². The van der Waals surface area contributed by atoms with E-state index in [9.17, 15) is 14.7 Å². The molecule has 0 bridgehead atoms. The van der Waals surface area contributed by atoms with Crippen molar-refractivity contribution < 1.29 is 19.4 Å². The molecule has 1 aromatic rings. The lowest BCUT2D eigenvalue weighted by molar-refractivity contribution is -0.128. The van der Waals surface area contributed by atoms with Crippen molar-refractivity contribution in [3.63, 3.8) is 0 Å². The molecule has 154 valence electrons. The van der Waals surface area contributed by atoms with Crippen molar-refractivity contribution in [1.82, 2.24) is 20.5 Å². The Balaban J connectivity index is 1.79. The van der Waals surface area contributed by atoms with E-state index in [0.29, 0.717) is 6.54 Å². The maximum atomic E-state index is 12.2. The molecule has 0 aliphatic carbocycles. The highest BCUT2D eigenvalue weighted by Gasteiger charge is 2.28. The third kappa shape index (κ3) is 7.75. The number of hydrogen-bond acceptors (Lipinski definition) is 6. The Morgan fingerprint density at radius 2 is 2.11 bits per heavy atom. The summed E-state index contributed by atoms with van der Waals surface area (Å²) in [5.41, 5.74) is 0.810. The van der Waals surface area contributed by atoms with Crippen LogP contribution in [0.15, 0.2) is 36.7 Å². The van der Waals surface area contributed by atoms with Crippen molar-refractivity contribution >= 4 is 11.8 Å².